The molecule has 2 rings (SSSR count). The lowest BCUT2D eigenvalue weighted by molar-refractivity contribution is 0.286. The Bertz CT molecular complexity index is 281. The van der Waals surface area contributed by atoms with Crippen molar-refractivity contribution in [3.63, 3.8) is 0 Å². The predicted octanol–water partition coefficient (Wildman–Crippen LogP) is 3.98. The van der Waals surface area contributed by atoms with E-state index < -0.39 is 0 Å². The summed E-state index contributed by atoms with van der Waals surface area (Å²) in [6, 6.07) is 5.64. The van der Waals surface area contributed by atoms with Crippen molar-refractivity contribution in [2.24, 2.45) is 5.92 Å². The third-order valence-corrected chi connectivity index (χ3v) is 4.45. The largest absolute Gasteiger partial charge is 0.307 e. The zero-order valence-electron chi connectivity index (χ0n) is 9.70. The summed E-state index contributed by atoms with van der Waals surface area (Å²) in [5.74, 6) is 0.909. The lowest BCUT2D eigenvalue weighted by atomic mass is 9.87. The van der Waals surface area contributed by atoms with Gasteiger partial charge in [0.25, 0.3) is 0 Å². The first kappa shape index (κ1) is 11.2. The summed E-state index contributed by atoms with van der Waals surface area (Å²) in [5.41, 5.74) is 0. The van der Waals surface area contributed by atoms with Crippen molar-refractivity contribution in [1.29, 1.82) is 0 Å². The van der Waals surface area contributed by atoms with Crippen LogP contribution in [0.5, 0.6) is 0 Å². The Balaban J connectivity index is 1.86. The number of nitrogens with one attached hydrogen (secondary N) is 1. The highest BCUT2D eigenvalue weighted by molar-refractivity contribution is 7.10. The van der Waals surface area contributed by atoms with Gasteiger partial charge in [-0.25, -0.2) is 0 Å². The molecule has 84 valence electrons. The quantitative estimate of drug-likeness (QED) is 0.817. The van der Waals surface area contributed by atoms with Gasteiger partial charge in [0.1, 0.15) is 0 Å². The van der Waals surface area contributed by atoms with Crippen molar-refractivity contribution in [3.05, 3.63) is 22.4 Å². The SMILES string of the molecule is CC1CCCC(N[C@H](C)c2cccs2)C1. The van der Waals surface area contributed by atoms with Crippen molar-refractivity contribution < 1.29 is 0 Å². The van der Waals surface area contributed by atoms with Crippen LogP contribution >= 0.6 is 11.3 Å². The third-order valence-electron chi connectivity index (χ3n) is 3.39. The van der Waals surface area contributed by atoms with Gasteiger partial charge in [0.15, 0.2) is 0 Å². The Morgan fingerprint density at radius 2 is 2.33 bits per heavy atom. The smallest absolute Gasteiger partial charge is 0.0388 e. The van der Waals surface area contributed by atoms with Crippen LogP contribution < -0.4 is 5.32 Å². The number of rotatable bonds is 3. The molecule has 3 atom stereocenters. The normalized spacial score (nSPS) is 28.9. The van der Waals surface area contributed by atoms with Gasteiger partial charge in [-0.15, -0.1) is 11.3 Å². The van der Waals surface area contributed by atoms with Crippen molar-refractivity contribution >= 4 is 11.3 Å². The summed E-state index contributed by atoms with van der Waals surface area (Å²) in [5, 5.41) is 5.93. The van der Waals surface area contributed by atoms with Gasteiger partial charge in [0, 0.05) is 17.0 Å². The van der Waals surface area contributed by atoms with Gasteiger partial charge in [0.2, 0.25) is 0 Å². The zero-order valence-corrected chi connectivity index (χ0v) is 10.5. The fourth-order valence-electron chi connectivity index (χ4n) is 2.56. The highest BCUT2D eigenvalue weighted by Gasteiger charge is 2.20. The van der Waals surface area contributed by atoms with E-state index in [1.807, 2.05) is 11.3 Å². The van der Waals surface area contributed by atoms with Gasteiger partial charge in [-0.05, 0) is 37.1 Å². The molecule has 1 aliphatic carbocycles. The van der Waals surface area contributed by atoms with Gasteiger partial charge in [-0.3, -0.25) is 0 Å². The molecular weight excluding hydrogens is 202 g/mol. The summed E-state index contributed by atoms with van der Waals surface area (Å²) in [7, 11) is 0. The first-order valence-electron chi connectivity index (χ1n) is 6.05. The van der Waals surface area contributed by atoms with Crippen LogP contribution in [-0.4, -0.2) is 6.04 Å². The van der Waals surface area contributed by atoms with E-state index in [1.54, 1.807) is 0 Å². The summed E-state index contributed by atoms with van der Waals surface area (Å²) < 4.78 is 0. The monoisotopic (exact) mass is 223 g/mol. The molecule has 1 saturated carbocycles. The van der Waals surface area contributed by atoms with Crippen LogP contribution in [0.1, 0.15) is 50.4 Å². The van der Waals surface area contributed by atoms with Gasteiger partial charge in [-0.2, -0.15) is 0 Å². The molecule has 0 saturated heterocycles. The summed E-state index contributed by atoms with van der Waals surface area (Å²) >= 11 is 1.86. The van der Waals surface area contributed by atoms with E-state index in [4.69, 9.17) is 0 Å². The fraction of sp³-hybridized carbons (Fsp3) is 0.692. The number of hydrogen-bond acceptors (Lipinski definition) is 2. The van der Waals surface area contributed by atoms with E-state index in [0.717, 1.165) is 12.0 Å². The van der Waals surface area contributed by atoms with Gasteiger partial charge in [-0.1, -0.05) is 25.8 Å². The summed E-state index contributed by atoms with van der Waals surface area (Å²) in [6.45, 7) is 4.66. The second-order valence-electron chi connectivity index (χ2n) is 4.87. The minimum atomic E-state index is 0.528. The maximum atomic E-state index is 3.76. The topological polar surface area (TPSA) is 12.0 Å². The molecule has 1 N–H and O–H groups in total. The van der Waals surface area contributed by atoms with Gasteiger partial charge >= 0.3 is 0 Å². The highest BCUT2D eigenvalue weighted by atomic mass is 32.1. The van der Waals surface area contributed by atoms with Crippen LogP contribution in [0.3, 0.4) is 0 Å². The standard InChI is InChI=1S/C13H21NS/c1-10-5-3-6-12(9-10)14-11(2)13-7-4-8-15-13/h4,7-8,10-12,14H,3,5-6,9H2,1-2H3/t10?,11-,12?/m1/s1. The third kappa shape index (κ3) is 3.05. The lowest BCUT2D eigenvalue weighted by Gasteiger charge is -2.29. The molecule has 1 heterocycles. The molecule has 0 aromatic carbocycles. The Labute approximate surface area is 96.9 Å². The Morgan fingerprint density at radius 3 is 3.00 bits per heavy atom. The van der Waals surface area contributed by atoms with Crippen LogP contribution in [0.25, 0.3) is 0 Å². The zero-order chi connectivity index (χ0) is 10.7. The van der Waals surface area contributed by atoms with E-state index in [-0.39, 0.29) is 0 Å². The molecule has 1 aromatic rings. The fourth-order valence-corrected chi connectivity index (χ4v) is 3.30. The number of thiophene rings is 1. The Morgan fingerprint density at radius 1 is 1.47 bits per heavy atom. The average molecular weight is 223 g/mol. The molecule has 2 unspecified atom stereocenters. The van der Waals surface area contributed by atoms with Crippen LogP contribution in [0.2, 0.25) is 0 Å². The molecule has 0 radical (unpaired) electrons. The van der Waals surface area contributed by atoms with Crippen molar-refractivity contribution in [1.82, 2.24) is 5.32 Å². The summed E-state index contributed by atoms with van der Waals surface area (Å²) in [6.07, 6.45) is 5.54. The first-order chi connectivity index (χ1) is 7.25. The molecule has 0 spiro atoms. The Kier molecular flexibility index (Phi) is 3.81. The molecule has 1 nitrogen and oxygen atoms in total. The van der Waals surface area contributed by atoms with E-state index in [0.29, 0.717) is 6.04 Å². The molecule has 0 aliphatic heterocycles. The molecule has 15 heavy (non-hydrogen) atoms. The minimum Gasteiger partial charge on any atom is -0.307 e. The van der Waals surface area contributed by atoms with E-state index in [2.05, 4.69) is 36.7 Å². The van der Waals surface area contributed by atoms with Crippen LogP contribution in [0.4, 0.5) is 0 Å². The van der Waals surface area contributed by atoms with Crippen LogP contribution in [-0.2, 0) is 0 Å². The predicted molar refractivity (Wildman–Crippen MR) is 67.3 cm³/mol. The first-order valence-corrected chi connectivity index (χ1v) is 6.93. The second-order valence-corrected chi connectivity index (χ2v) is 5.85. The second kappa shape index (κ2) is 5.13. The lowest BCUT2D eigenvalue weighted by Crippen LogP contribution is -2.35. The van der Waals surface area contributed by atoms with E-state index >= 15 is 0 Å². The maximum absolute atomic E-state index is 3.76. The van der Waals surface area contributed by atoms with Gasteiger partial charge in [0.05, 0.1) is 0 Å². The molecular formula is C13H21NS. The van der Waals surface area contributed by atoms with Crippen molar-refractivity contribution in [3.8, 4) is 0 Å². The minimum absolute atomic E-state index is 0.528. The maximum Gasteiger partial charge on any atom is 0.0388 e. The molecule has 0 bridgehead atoms. The molecule has 1 aromatic heterocycles. The van der Waals surface area contributed by atoms with Gasteiger partial charge < -0.3 is 5.32 Å². The average Bonchev–Trinajstić information content (AvgIpc) is 2.70. The van der Waals surface area contributed by atoms with E-state index in [1.165, 1.54) is 30.6 Å². The van der Waals surface area contributed by atoms with Crippen molar-refractivity contribution in [2.75, 3.05) is 0 Å². The van der Waals surface area contributed by atoms with Crippen molar-refractivity contribution in [2.45, 2.75) is 51.6 Å². The molecule has 2 heteroatoms. The summed E-state index contributed by atoms with van der Waals surface area (Å²) in [4.78, 5) is 1.47. The highest BCUT2D eigenvalue weighted by Crippen LogP contribution is 2.26. The molecule has 1 aliphatic rings. The Hall–Kier alpha value is -0.340. The molecule has 0 amide bonds. The van der Waals surface area contributed by atoms with Crippen LogP contribution in [0.15, 0.2) is 17.5 Å². The molecule has 1 fully saturated rings. The number of hydrogen-bond donors (Lipinski definition) is 1. The van der Waals surface area contributed by atoms with Crippen LogP contribution in [0, 0.1) is 5.92 Å². The van der Waals surface area contributed by atoms with E-state index in [9.17, 15) is 0 Å².